The minimum atomic E-state index is -0.0460. The number of aliphatic hydroxyl groups excluding tert-OH is 1. The van der Waals surface area contributed by atoms with E-state index in [-0.39, 0.29) is 12.1 Å². The summed E-state index contributed by atoms with van der Waals surface area (Å²) in [6, 6.07) is 0. The molecule has 2 rings (SSSR count). The molecule has 1 aliphatic heterocycles. The van der Waals surface area contributed by atoms with Crippen LogP contribution in [-0.2, 0) is 0 Å². The van der Waals surface area contributed by atoms with Gasteiger partial charge in [-0.2, -0.15) is 0 Å². The Kier molecular flexibility index (Phi) is 5.05. The van der Waals surface area contributed by atoms with Gasteiger partial charge in [0.1, 0.15) is 0 Å². The van der Waals surface area contributed by atoms with Gasteiger partial charge in [-0.1, -0.05) is 13.3 Å². The highest BCUT2D eigenvalue weighted by molar-refractivity contribution is 4.89. The fourth-order valence-corrected chi connectivity index (χ4v) is 3.90. The summed E-state index contributed by atoms with van der Waals surface area (Å²) in [5.74, 6) is 2.01. The molecule has 106 valence electrons. The van der Waals surface area contributed by atoms with E-state index in [0.29, 0.717) is 0 Å². The first-order valence-electron chi connectivity index (χ1n) is 7.75. The smallest absolute Gasteiger partial charge is 0.0613 e. The second-order valence-electron chi connectivity index (χ2n) is 6.36. The Morgan fingerprint density at radius 1 is 1.28 bits per heavy atom. The first-order chi connectivity index (χ1) is 8.73. The predicted octanol–water partition coefficient (Wildman–Crippen LogP) is 1.86. The van der Waals surface area contributed by atoms with Crippen LogP contribution >= 0.6 is 0 Å². The first-order valence-corrected chi connectivity index (χ1v) is 7.75. The maximum atomic E-state index is 9.52. The van der Waals surface area contributed by atoms with E-state index in [9.17, 15) is 5.11 Å². The van der Waals surface area contributed by atoms with E-state index in [4.69, 9.17) is 0 Å². The average molecular weight is 254 g/mol. The molecule has 18 heavy (non-hydrogen) atoms. The number of nitrogens with zero attached hydrogens (tertiary/aromatic N) is 1. The second-order valence-corrected chi connectivity index (χ2v) is 6.36. The second kappa shape index (κ2) is 6.36. The van der Waals surface area contributed by atoms with E-state index in [1.54, 1.807) is 0 Å². The molecule has 0 aromatic heterocycles. The summed E-state index contributed by atoms with van der Waals surface area (Å²) in [5, 5.41) is 12.8. The molecule has 1 heterocycles. The molecular weight excluding hydrogens is 224 g/mol. The van der Waals surface area contributed by atoms with Gasteiger partial charge in [0, 0.05) is 18.6 Å². The van der Waals surface area contributed by atoms with Crippen LogP contribution in [0.15, 0.2) is 0 Å². The number of hydrogen-bond donors (Lipinski definition) is 2. The van der Waals surface area contributed by atoms with Crippen molar-refractivity contribution < 1.29 is 5.11 Å². The Balaban J connectivity index is 1.69. The van der Waals surface area contributed by atoms with Crippen LogP contribution in [0.2, 0.25) is 0 Å². The molecule has 2 fully saturated rings. The summed E-state index contributed by atoms with van der Waals surface area (Å²) in [4.78, 5) is 2.65. The summed E-state index contributed by atoms with van der Waals surface area (Å²) in [6.45, 7) is 6.31. The zero-order valence-corrected chi connectivity index (χ0v) is 12.1. The van der Waals surface area contributed by atoms with Crippen LogP contribution in [0, 0.1) is 11.8 Å². The van der Waals surface area contributed by atoms with Crippen LogP contribution < -0.4 is 5.32 Å². The lowest BCUT2D eigenvalue weighted by Crippen LogP contribution is -2.46. The fourth-order valence-electron chi connectivity index (χ4n) is 3.90. The van der Waals surface area contributed by atoms with Crippen LogP contribution in [0.4, 0.5) is 0 Å². The van der Waals surface area contributed by atoms with Crippen molar-refractivity contribution in [2.24, 2.45) is 11.8 Å². The number of nitrogens with one attached hydrogen (secondary N) is 1. The quantitative estimate of drug-likeness (QED) is 0.728. The summed E-state index contributed by atoms with van der Waals surface area (Å²) in [7, 11) is 1.97. The van der Waals surface area contributed by atoms with E-state index < -0.39 is 0 Å². The number of hydrogen-bond acceptors (Lipinski definition) is 3. The normalized spacial score (nSPS) is 31.5. The molecule has 1 saturated carbocycles. The van der Waals surface area contributed by atoms with Crippen LogP contribution in [0.3, 0.4) is 0 Å². The fraction of sp³-hybridized carbons (Fsp3) is 1.00. The number of fused-ring (bicyclic) bond motifs is 1. The topological polar surface area (TPSA) is 35.5 Å². The van der Waals surface area contributed by atoms with Crippen molar-refractivity contribution in [2.75, 3.05) is 33.3 Å². The van der Waals surface area contributed by atoms with Gasteiger partial charge in [0.05, 0.1) is 6.61 Å². The SMILES string of the molecule is CCC(CO)(CCCN1CC2CCCC2C1)NC. The minimum absolute atomic E-state index is 0.0460. The maximum Gasteiger partial charge on any atom is 0.0613 e. The lowest BCUT2D eigenvalue weighted by atomic mass is 9.91. The molecule has 0 aromatic rings. The minimum Gasteiger partial charge on any atom is -0.394 e. The van der Waals surface area contributed by atoms with Crippen molar-refractivity contribution in [3.8, 4) is 0 Å². The maximum absolute atomic E-state index is 9.52. The highest BCUT2D eigenvalue weighted by atomic mass is 16.3. The molecule has 3 unspecified atom stereocenters. The largest absolute Gasteiger partial charge is 0.394 e. The zero-order valence-electron chi connectivity index (χ0n) is 12.1. The van der Waals surface area contributed by atoms with Crippen LogP contribution in [-0.4, -0.2) is 48.8 Å². The van der Waals surface area contributed by atoms with Crippen LogP contribution in [0.1, 0.15) is 45.4 Å². The third kappa shape index (κ3) is 3.06. The van der Waals surface area contributed by atoms with Gasteiger partial charge >= 0.3 is 0 Å². The Labute approximate surface area is 112 Å². The molecule has 3 heteroatoms. The molecule has 1 saturated heterocycles. The zero-order chi connectivity index (χ0) is 13.0. The average Bonchev–Trinajstić information content (AvgIpc) is 2.96. The van der Waals surface area contributed by atoms with Gasteiger partial charge in [-0.25, -0.2) is 0 Å². The summed E-state index contributed by atoms with van der Waals surface area (Å²) in [6.07, 6.45) is 7.69. The summed E-state index contributed by atoms with van der Waals surface area (Å²) >= 11 is 0. The monoisotopic (exact) mass is 254 g/mol. The van der Waals surface area contributed by atoms with Crippen molar-refractivity contribution in [1.82, 2.24) is 10.2 Å². The first kappa shape index (κ1) is 14.3. The van der Waals surface area contributed by atoms with Crippen molar-refractivity contribution in [1.29, 1.82) is 0 Å². The van der Waals surface area contributed by atoms with Crippen molar-refractivity contribution >= 4 is 0 Å². The Morgan fingerprint density at radius 2 is 1.94 bits per heavy atom. The number of likely N-dealkylation sites (tertiary alicyclic amines) is 1. The molecule has 3 nitrogen and oxygen atoms in total. The van der Waals surface area contributed by atoms with Gasteiger partial charge in [-0.3, -0.25) is 0 Å². The van der Waals surface area contributed by atoms with E-state index in [1.807, 2.05) is 7.05 Å². The lowest BCUT2D eigenvalue weighted by molar-refractivity contribution is 0.147. The number of likely N-dealkylation sites (N-methyl/N-ethyl adjacent to an activating group) is 1. The molecule has 2 aliphatic rings. The molecule has 0 amide bonds. The van der Waals surface area contributed by atoms with Crippen LogP contribution in [0.25, 0.3) is 0 Å². The van der Waals surface area contributed by atoms with E-state index in [1.165, 1.54) is 45.3 Å². The predicted molar refractivity (Wildman–Crippen MR) is 75.7 cm³/mol. The van der Waals surface area contributed by atoms with E-state index in [0.717, 1.165) is 24.7 Å². The molecule has 0 aromatic carbocycles. The Bertz CT molecular complexity index is 233. The molecule has 0 spiro atoms. The molecule has 2 N–H and O–H groups in total. The van der Waals surface area contributed by atoms with E-state index >= 15 is 0 Å². The van der Waals surface area contributed by atoms with Crippen molar-refractivity contribution in [3.05, 3.63) is 0 Å². The van der Waals surface area contributed by atoms with Gasteiger partial charge < -0.3 is 15.3 Å². The lowest BCUT2D eigenvalue weighted by Gasteiger charge is -2.31. The Morgan fingerprint density at radius 3 is 2.44 bits per heavy atom. The van der Waals surface area contributed by atoms with E-state index in [2.05, 4.69) is 17.1 Å². The highest BCUT2D eigenvalue weighted by Crippen LogP contribution is 2.37. The van der Waals surface area contributed by atoms with Gasteiger partial charge in [0.25, 0.3) is 0 Å². The summed E-state index contributed by atoms with van der Waals surface area (Å²) in [5.41, 5.74) is -0.0460. The van der Waals surface area contributed by atoms with Gasteiger partial charge in [-0.05, 0) is 57.5 Å². The van der Waals surface area contributed by atoms with Gasteiger partial charge in [0.15, 0.2) is 0 Å². The van der Waals surface area contributed by atoms with Crippen molar-refractivity contribution in [2.45, 2.75) is 51.0 Å². The van der Waals surface area contributed by atoms with Crippen LogP contribution in [0.5, 0.6) is 0 Å². The third-order valence-corrected chi connectivity index (χ3v) is 5.44. The number of rotatable bonds is 7. The molecule has 0 bridgehead atoms. The van der Waals surface area contributed by atoms with Gasteiger partial charge in [0.2, 0.25) is 0 Å². The molecule has 0 radical (unpaired) electrons. The molecule has 1 aliphatic carbocycles. The molecular formula is C15H30N2O. The van der Waals surface area contributed by atoms with Crippen molar-refractivity contribution in [3.63, 3.8) is 0 Å². The third-order valence-electron chi connectivity index (χ3n) is 5.44. The standard InChI is InChI=1S/C15H30N2O/c1-3-15(12-18,16-2)8-5-9-17-10-13-6-4-7-14(13)11-17/h13-14,16,18H,3-12H2,1-2H3. The number of aliphatic hydroxyl groups is 1. The Hall–Kier alpha value is -0.120. The summed E-state index contributed by atoms with van der Waals surface area (Å²) < 4.78 is 0. The highest BCUT2D eigenvalue weighted by Gasteiger charge is 2.35. The van der Waals surface area contributed by atoms with Gasteiger partial charge in [-0.15, -0.1) is 0 Å². The molecule has 3 atom stereocenters.